The van der Waals surface area contributed by atoms with Crippen LogP contribution in [-0.2, 0) is 4.74 Å². The zero-order valence-corrected chi connectivity index (χ0v) is 9.66. The lowest BCUT2D eigenvalue weighted by atomic mass is 10.2. The van der Waals surface area contributed by atoms with Crippen LogP contribution >= 0.6 is 22.6 Å². The number of alkyl halides is 2. The summed E-state index contributed by atoms with van der Waals surface area (Å²) in [5, 5.41) is 9.42. The van der Waals surface area contributed by atoms with Gasteiger partial charge in [-0.15, -0.1) is 0 Å². The Bertz CT molecular complexity index is 398. The number of aromatic hydroxyl groups is 1. The number of pyridine rings is 1. The second kappa shape index (κ2) is 4.69. The van der Waals surface area contributed by atoms with E-state index in [1.165, 1.54) is 22.6 Å². The Labute approximate surface area is 97.4 Å². The summed E-state index contributed by atoms with van der Waals surface area (Å²) in [5.74, 6) is -1.45. The Morgan fingerprint density at radius 2 is 2.27 bits per heavy atom. The summed E-state index contributed by atoms with van der Waals surface area (Å²) in [4.78, 5) is 14.5. The molecule has 0 spiro atoms. The van der Waals surface area contributed by atoms with Crippen molar-refractivity contribution in [2.24, 2.45) is 0 Å². The molecule has 4 nitrogen and oxygen atoms in total. The predicted octanol–water partition coefficient (Wildman–Crippen LogP) is 2.12. The Morgan fingerprint density at radius 1 is 1.67 bits per heavy atom. The highest BCUT2D eigenvalue weighted by atomic mass is 127. The van der Waals surface area contributed by atoms with E-state index in [2.05, 4.69) is 9.72 Å². The molecule has 15 heavy (non-hydrogen) atoms. The van der Waals surface area contributed by atoms with Crippen molar-refractivity contribution in [3.8, 4) is 5.75 Å². The Morgan fingerprint density at radius 3 is 2.73 bits per heavy atom. The van der Waals surface area contributed by atoms with Gasteiger partial charge >= 0.3 is 5.97 Å². The van der Waals surface area contributed by atoms with Crippen LogP contribution in [0.2, 0.25) is 0 Å². The van der Waals surface area contributed by atoms with E-state index in [1.807, 2.05) is 0 Å². The molecule has 0 aromatic carbocycles. The van der Waals surface area contributed by atoms with Crippen molar-refractivity contribution in [2.75, 3.05) is 7.11 Å². The summed E-state index contributed by atoms with van der Waals surface area (Å²) in [6.07, 6.45) is -1.90. The molecule has 0 aliphatic heterocycles. The molecule has 1 rings (SSSR count). The summed E-state index contributed by atoms with van der Waals surface area (Å²) in [5.41, 5.74) is -0.785. The number of carbonyl (C=O) groups excluding carboxylic acids is 1. The summed E-state index contributed by atoms with van der Waals surface area (Å²) in [7, 11) is 1.11. The number of nitrogens with zero attached hydrogens (tertiary/aromatic N) is 1. The lowest BCUT2D eigenvalue weighted by Crippen LogP contribution is -2.07. The van der Waals surface area contributed by atoms with Gasteiger partial charge in [0, 0.05) is 6.20 Å². The zero-order chi connectivity index (χ0) is 11.6. The van der Waals surface area contributed by atoms with E-state index in [1.54, 1.807) is 0 Å². The van der Waals surface area contributed by atoms with Gasteiger partial charge in [-0.25, -0.2) is 18.6 Å². The molecule has 0 aliphatic rings. The Hall–Kier alpha value is -0.990. The van der Waals surface area contributed by atoms with Crippen molar-refractivity contribution < 1.29 is 23.4 Å². The maximum absolute atomic E-state index is 12.4. The standard InChI is InChI=1S/C8H6F2INO3/c1-15-8(14)5-6(13)4(11)3(2-12-5)7(9)10/h2,7,13H,1H3. The van der Waals surface area contributed by atoms with Crippen LogP contribution in [-0.4, -0.2) is 23.2 Å². The van der Waals surface area contributed by atoms with Crippen LogP contribution in [0.3, 0.4) is 0 Å². The fourth-order valence-corrected chi connectivity index (χ4v) is 1.52. The average molecular weight is 329 g/mol. The number of hydrogen-bond donors (Lipinski definition) is 1. The first-order chi connectivity index (χ1) is 6.99. The minimum Gasteiger partial charge on any atom is -0.504 e. The molecule has 0 amide bonds. The third-order valence-corrected chi connectivity index (χ3v) is 2.77. The molecule has 0 aliphatic carbocycles. The molecular formula is C8H6F2INO3. The molecule has 0 fully saturated rings. The van der Waals surface area contributed by atoms with Crippen LogP contribution in [0.25, 0.3) is 0 Å². The van der Waals surface area contributed by atoms with Gasteiger partial charge in [0.2, 0.25) is 0 Å². The van der Waals surface area contributed by atoms with Gasteiger partial charge in [0.25, 0.3) is 6.43 Å². The fraction of sp³-hybridized carbons (Fsp3) is 0.250. The van der Waals surface area contributed by atoms with Crippen LogP contribution in [0.5, 0.6) is 5.75 Å². The minimum atomic E-state index is -2.75. The molecule has 0 bridgehead atoms. The molecule has 0 atom stereocenters. The summed E-state index contributed by atoms with van der Waals surface area (Å²) >= 11 is 1.52. The molecule has 1 heterocycles. The van der Waals surface area contributed by atoms with Crippen molar-refractivity contribution in [3.63, 3.8) is 0 Å². The first-order valence-corrected chi connectivity index (χ1v) is 4.80. The smallest absolute Gasteiger partial charge is 0.360 e. The lowest BCUT2D eigenvalue weighted by Gasteiger charge is -2.07. The predicted molar refractivity (Wildman–Crippen MR) is 54.9 cm³/mol. The number of hydrogen-bond acceptors (Lipinski definition) is 4. The maximum atomic E-state index is 12.4. The summed E-state index contributed by atoms with van der Waals surface area (Å²) in [6.45, 7) is 0. The van der Waals surface area contributed by atoms with Crippen LogP contribution in [0, 0.1) is 3.57 Å². The van der Waals surface area contributed by atoms with E-state index in [-0.39, 0.29) is 9.26 Å². The number of carbonyl (C=O) groups is 1. The number of aromatic nitrogens is 1. The van der Waals surface area contributed by atoms with Crippen LogP contribution in [0.1, 0.15) is 22.5 Å². The van der Waals surface area contributed by atoms with Gasteiger partial charge < -0.3 is 9.84 Å². The van der Waals surface area contributed by atoms with E-state index in [0.717, 1.165) is 13.3 Å². The second-order valence-corrected chi connectivity index (χ2v) is 3.60. The molecule has 0 radical (unpaired) electrons. The van der Waals surface area contributed by atoms with Crippen LogP contribution in [0.4, 0.5) is 8.78 Å². The fourth-order valence-electron chi connectivity index (χ4n) is 0.891. The minimum absolute atomic E-state index is 0.0991. The first-order valence-electron chi connectivity index (χ1n) is 3.72. The van der Waals surface area contributed by atoms with Gasteiger partial charge in [0.05, 0.1) is 16.2 Å². The van der Waals surface area contributed by atoms with Crippen LogP contribution < -0.4 is 0 Å². The third-order valence-electron chi connectivity index (χ3n) is 1.63. The Kier molecular flexibility index (Phi) is 3.77. The quantitative estimate of drug-likeness (QED) is 0.667. The zero-order valence-electron chi connectivity index (χ0n) is 7.50. The monoisotopic (exact) mass is 329 g/mol. The largest absolute Gasteiger partial charge is 0.504 e. The van der Waals surface area contributed by atoms with Crippen molar-refractivity contribution in [2.45, 2.75) is 6.43 Å². The maximum Gasteiger partial charge on any atom is 0.360 e. The third kappa shape index (κ3) is 2.33. The van der Waals surface area contributed by atoms with E-state index in [4.69, 9.17) is 0 Å². The second-order valence-electron chi connectivity index (χ2n) is 2.52. The van der Waals surface area contributed by atoms with E-state index in [9.17, 15) is 18.7 Å². The molecule has 0 saturated heterocycles. The van der Waals surface area contributed by atoms with Gasteiger partial charge in [-0.2, -0.15) is 0 Å². The number of rotatable bonds is 2. The van der Waals surface area contributed by atoms with Crippen molar-refractivity contribution in [1.29, 1.82) is 0 Å². The Balaban J connectivity index is 3.27. The van der Waals surface area contributed by atoms with E-state index >= 15 is 0 Å². The van der Waals surface area contributed by atoms with Crippen molar-refractivity contribution in [1.82, 2.24) is 4.98 Å². The lowest BCUT2D eigenvalue weighted by molar-refractivity contribution is 0.0589. The molecule has 7 heteroatoms. The van der Waals surface area contributed by atoms with Gasteiger partial charge in [0.15, 0.2) is 11.4 Å². The number of methoxy groups -OCH3 is 1. The summed E-state index contributed by atoms with van der Waals surface area (Å²) < 4.78 is 28.9. The molecule has 0 saturated carbocycles. The molecule has 1 aromatic rings. The van der Waals surface area contributed by atoms with Crippen molar-refractivity contribution in [3.05, 3.63) is 21.0 Å². The molecular weight excluding hydrogens is 323 g/mol. The summed E-state index contributed by atoms with van der Waals surface area (Å²) in [6, 6.07) is 0. The first kappa shape index (κ1) is 12.1. The van der Waals surface area contributed by atoms with E-state index in [0.29, 0.717) is 0 Å². The number of ether oxygens (including phenoxy) is 1. The topological polar surface area (TPSA) is 59.4 Å². The van der Waals surface area contributed by atoms with Gasteiger partial charge in [-0.05, 0) is 22.6 Å². The molecule has 1 N–H and O–H groups in total. The van der Waals surface area contributed by atoms with E-state index < -0.39 is 23.7 Å². The average Bonchev–Trinajstić information content (AvgIpc) is 2.20. The van der Waals surface area contributed by atoms with Gasteiger partial charge in [-0.1, -0.05) is 0 Å². The molecule has 82 valence electrons. The van der Waals surface area contributed by atoms with Crippen molar-refractivity contribution >= 4 is 28.6 Å². The molecule has 0 unspecified atom stereocenters. The highest BCUT2D eigenvalue weighted by molar-refractivity contribution is 14.1. The van der Waals surface area contributed by atoms with Gasteiger partial charge in [-0.3, -0.25) is 0 Å². The highest BCUT2D eigenvalue weighted by Gasteiger charge is 2.22. The van der Waals surface area contributed by atoms with Gasteiger partial charge in [0.1, 0.15) is 0 Å². The normalized spacial score (nSPS) is 10.5. The highest BCUT2D eigenvalue weighted by Crippen LogP contribution is 2.31. The molecule has 1 aromatic heterocycles. The number of esters is 1. The number of halogens is 3. The van der Waals surface area contributed by atoms with Crippen LogP contribution in [0.15, 0.2) is 6.20 Å². The SMILES string of the molecule is COC(=O)c1ncc(C(F)F)c(I)c1O.